The van der Waals surface area contributed by atoms with Crippen molar-refractivity contribution in [2.75, 3.05) is 60.5 Å². The summed E-state index contributed by atoms with van der Waals surface area (Å²) in [5.41, 5.74) is 0. The van der Waals surface area contributed by atoms with Gasteiger partial charge < -0.3 is 19.9 Å². The molecule has 1 fully saturated rings. The monoisotopic (exact) mass is 270 g/mol. The van der Waals surface area contributed by atoms with E-state index in [9.17, 15) is 0 Å². The fourth-order valence-electron chi connectivity index (χ4n) is 1.74. The van der Waals surface area contributed by atoms with Crippen LogP contribution >= 0.6 is 0 Å². The summed E-state index contributed by atoms with van der Waals surface area (Å²) in [6.07, 6.45) is 2.70. The number of hydrogen-bond acceptors (Lipinski definition) is 3. The zero-order chi connectivity index (χ0) is 14.1. The minimum absolute atomic E-state index is 0.780. The number of likely N-dealkylation sites (N-methyl/N-ethyl adjacent to an activating group) is 2. The molecule has 112 valence electrons. The maximum absolute atomic E-state index is 5.65. The van der Waals surface area contributed by atoms with Gasteiger partial charge in [-0.05, 0) is 32.4 Å². The van der Waals surface area contributed by atoms with Crippen molar-refractivity contribution in [2.45, 2.75) is 19.8 Å². The van der Waals surface area contributed by atoms with Gasteiger partial charge >= 0.3 is 0 Å². The molecule has 0 bridgehead atoms. The zero-order valence-corrected chi connectivity index (χ0v) is 13.0. The molecule has 1 N–H and O–H groups in total. The van der Waals surface area contributed by atoms with E-state index in [2.05, 4.69) is 41.1 Å². The van der Waals surface area contributed by atoms with Crippen LogP contribution in [-0.4, -0.2) is 76.3 Å². The second kappa shape index (κ2) is 9.15. The predicted octanol–water partition coefficient (Wildman–Crippen LogP) is 0.872. The fourth-order valence-corrected chi connectivity index (χ4v) is 1.74. The molecule has 0 unspecified atom stereocenters. The van der Waals surface area contributed by atoms with E-state index < -0.39 is 0 Å². The highest BCUT2D eigenvalue weighted by Gasteiger charge is 2.21. The second-order valence-electron chi connectivity index (χ2n) is 5.31. The highest BCUT2D eigenvalue weighted by atomic mass is 16.5. The Morgan fingerprint density at radius 1 is 1.32 bits per heavy atom. The second-order valence-corrected chi connectivity index (χ2v) is 5.31. The molecule has 1 saturated carbocycles. The van der Waals surface area contributed by atoms with Crippen LogP contribution in [0.2, 0.25) is 0 Å². The van der Waals surface area contributed by atoms with Gasteiger partial charge in [-0.2, -0.15) is 0 Å². The molecule has 1 rings (SSSR count). The van der Waals surface area contributed by atoms with Crippen molar-refractivity contribution in [1.82, 2.24) is 15.1 Å². The van der Waals surface area contributed by atoms with Gasteiger partial charge in [-0.1, -0.05) is 6.92 Å². The van der Waals surface area contributed by atoms with E-state index in [0.717, 1.165) is 51.3 Å². The van der Waals surface area contributed by atoms with Crippen molar-refractivity contribution in [2.24, 2.45) is 10.9 Å². The predicted molar refractivity (Wildman–Crippen MR) is 80.7 cm³/mol. The maximum atomic E-state index is 5.65. The van der Waals surface area contributed by atoms with Gasteiger partial charge in [0.2, 0.25) is 0 Å². The first-order valence-electron chi connectivity index (χ1n) is 7.35. The third-order valence-corrected chi connectivity index (χ3v) is 3.51. The normalized spacial score (nSPS) is 15.9. The molecule has 0 aromatic heterocycles. The number of nitrogens with zero attached hydrogens (tertiary/aromatic N) is 3. The van der Waals surface area contributed by atoms with Crippen molar-refractivity contribution < 1.29 is 4.74 Å². The third kappa shape index (κ3) is 7.38. The van der Waals surface area contributed by atoms with Crippen LogP contribution in [0.5, 0.6) is 0 Å². The number of guanidine groups is 1. The van der Waals surface area contributed by atoms with Gasteiger partial charge in [-0.15, -0.1) is 0 Å². The lowest BCUT2D eigenvalue weighted by atomic mass is 10.5. The Hall–Kier alpha value is -0.810. The molecule has 5 nitrogen and oxygen atoms in total. The Balaban J connectivity index is 2.09. The van der Waals surface area contributed by atoms with Crippen molar-refractivity contribution >= 4 is 5.96 Å². The standard InChI is InChI=1S/C14H30N4O/c1-5-17(3)9-8-16-14(15-2)18(4)10-11-19-12-13-6-7-13/h13H,5-12H2,1-4H3,(H,15,16). The van der Waals surface area contributed by atoms with Crippen LogP contribution in [0.3, 0.4) is 0 Å². The average molecular weight is 270 g/mol. The minimum Gasteiger partial charge on any atom is -0.379 e. The van der Waals surface area contributed by atoms with E-state index in [1.807, 2.05) is 7.05 Å². The first kappa shape index (κ1) is 16.2. The third-order valence-electron chi connectivity index (χ3n) is 3.51. The molecule has 5 heteroatoms. The smallest absolute Gasteiger partial charge is 0.193 e. The Bertz CT molecular complexity index is 266. The van der Waals surface area contributed by atoms with E-state index in [1.165, 1.54) is 12.8 Å². The van der Waals surface area contributed by atoms with E-state index in [-0.39, 0.29) is 0 Å². The maximum Gasteiger partial charge on any atom is 0.193 e. The lowest BCUT2D eigenvalue weighted by Gasteiger charge is -2.23. The Kier molecular flexibility index (Phi) is 7.82. The Morgan fingerprint density at radius 3 is 2.63 bits per heavy atom. The summed E-state index contributed by atoms with van der Waals surface area (Å²) in [5, 5.41) is 3.38. The van der Waals surface area contributed by atoms with Crippen LogP contribution in [0, 0.1) is 5.92 Å². The molecule has 0 atom stereocenters. The first-order valence-corrected chi connectivity index (χ1v) is 7.35. The van der Waals surface area contributed by atoms with E-state index in [0.29, 0.717) is 0 Å². The SMILES string of the molecule is CCN(C)CCNC(=NC)N(C)CCOCC1CC1. The quantitative estimate of drug-likeness (QED) is 0.383. The van der Waals surface area contributed by atoms with Gasteiger partial charge in [0.15, 0.2) is 5.96 Å². The summed E-state index contributed by atoms with van der Waals surface area (Å²) < 4.78 is 5.65. The zero-order valence-electron chi connectivity index (χ0n) is 13.0. The van der Waals surface area contributed by atoms with Crippen molar-refractivity contribution in [3.05, 3.63) is 0 Å². The molecule has 0 spiro atoms. The molecule has 0 saturated heterocycles. The average Bonchev–Trinajstić information content (AvgIpc) is 3.23. The molecule has 0 radical (unpaired) electrons. The fraction of sp³-hybridized carbons (Fsp3) is 0.929. The molecule has 1 aliphatic carbocycles. The van der Waals surface area contributed by atoms with Gasteiger partial charge in [0, 0.05) is 40.3 Å². The van der Waals surface area contributed by atoms with Gasteiger partial charge in [-0.25, -0.2) is 0 Å². The number of aliphatic imine (C=N–C) groups is 1. The lowest BCUT2D eigenvalue weighted by molar-refractivity contribution is 0.115. The molecule has 0 heterocycles. The summed E-state index contributed by atoms with van der Waals surface area (Å²) in [6.45, 7) is 7.79. The van der Waals surface area contributed by atoms with Crippen LogP contribution in [0.25, 0.3) is 0 Å². The molecule has 0 aliphatic heterocycles. The molecular weight excluding hydrogens is 240 g/mol. The topological polar surface area (TPSA) is 40.1 Å². The number of hydrogen-bond donors (Lipinski definition) is 1. The van der Waals surface area contributed by atoms with Crippen LogP contribution in [0.1, 0.15) is 19.8 Å². The van der Waals surface area contributed by atoms with E-state index >= 15 is 0 Å². The van der Waals surface area contributed by atoms with Gasteiger partial charge in [0.05, 0.1) is 6.61 Å². The first-order chi connectivity index (χ1) is 9.17. The highest BCUT2D eigenvalue weighted by Crippen LogP contribution is 2.28. The van der Waals surface area contributed by atoms with Crippen molar-refractivity contribution in [3.8, 4) is 0 Å². The number of ether oxygens (including phenoxy) is 1. The van der Waals surface area contributed by atoms with Crippen LogP contribution in [0.15, 0.2) is 4.99 Å². The summed E-state index contributed by atoms with van der Waals surface area (Å²) >= 11 is 0. The molecule has 0 amide bonds. The van der Waals surface area contributed by atoms with Gasteiger partial charge in [0.25, 0.3) is 0 Å². The Morgan fingerprint density at radius 2 is 2.05 bits per heavy atom. The largest absolute Gasteiger partial charge is 0.379 e. The molecule has 19 heavy (non-hydrogen) atoms. The van der Waals surface area contributed by atoms with Crippen LogP contribution in [0.4, 0.5) is 0 Å². The van der Waals surface area contributed by atoms with Crippen molar-refractivity contribution in [1.29, 1.82) is 0 Å². The number of rotatable bonds is 9. The van der Waals surface area contributed by atoms with Crippen LogP contribution in [-0.2, 0) is 4.74 Å². The highest BCUT2D eigenvalue weighted by molar-refractivity contribution is 5.79. The lowest BCUT2D eigenvalue weighted by Crippen LogP contribution is -2.43. The van der Waals surface area contributed by atoms with Gasteiger partial charge in [-0.3, -0.25) is 4.99 Å². The van der Waals surface area contributed by atoms with E-state index in [4.69, 9.17) is 4.74 Å². The molecule has 0 aromatic carbocycles. The van der Waals surface area contributed by atoms with Crippen molar-refractivity contribution in [3.63, 3.8) is 0 Å². The Labute approximate surface area is 118 Å². The molecule has 0 aromatic rings. The molecule has 1 aliphatic rings. The summed E-state index contributed by atoms with van der Waals surface area (Å²) in [6, 6.07) is 0. The van der Waals surface area contributed by atoms with Gasteiger partial charge in [0.1, 0.15) is 0 Å². The summed E-state index contributed by atoms with van der Waals surface area (Å²) in [4.78, 5) is 8.69. The summed E-state index contributed by atoms with van der Waals surface area (Å²) in [5.74, 6) is 1.78. The molecular formula is C14H30N4O. The van der Waals surface area contributed by atoms with E-state index in [1.54, 1.807) is 0 Å². The van der Waals surface area contributed by atoms with Crippen LogP contribution < -0.4 is 5.32 Å². The summed E-state index contributed by atoms with van der Waals surface area (Å²) in [7, 11) is 6.01. The minimum atomic E-state index is 0.780. The number of nitrogens with one attached hydrogen (secondary N) is 1.